The predicted octanol–water partition coefficient (Wildman–Crippen LogP) is 12.1. The Morgan fingerprint density at radius 3 is 1.20 bits per heavy atom. The molecule has 240 valence electrons. The molecule has 51 heavy (non-hydrogen) atoms. The summed E-state index contributed by atoms with van der Waals surface area (Å²) in [6, 6.07) is 50.8. The van der Waals surface area contributed by atoms with Gasteiger partial charge < -0.3 is 8.83 Å². The molecule has 0 bridgehead atoms. The van der Waals surface area contributed by atoms with Crippen molar-refractivity contribution < 1.29 is 13.2 Å². The zero-order chi connectivity index (χ0) is 33.9. The molecule has 0 amide bonds. The lowest BCUT2D eigenvalue weighted by Gasteiger charge is -2.14. The molecule has 0 aliphatic heterocycles. The van der Waals surface area contributed by atoms with Gasteiger partial charge in [0.05, 0.1) is 0 Å². The van der Waals surface area contributed by atoms with E-state index in [0.717, 1.165) is 66.1 Å². The second kappa shape index (κ2) is 11.6. The molecule has 0 atom stereocenters. The summed E-state index contributed by atoms with van der Waals surface area (Å²) in [4.78, 5) is 15.1. The molecule has 7 aromatic carbocycles. The lowest BCUT2D eigenvalue weighted by Crippen LogP contribution is -2.01. The van der Waals surface area contributed by atoms with Crippen LogP contribution in [0.3, 0.4) is 0 Å². The summed E-state index contributed by atoms with van der Waals surface area (Å²) >= 11 is 0. The number of rotatable bonds is 5. The molecule has 0 aliphatic rings. The Morgan fingerprint density at radius 1 is 0.333 bits per heavy atom. The third-order valence-corrected chi connectivity index (χ3v) is 9.41. The minimum Gasteiger partial charge on any atom is -0.456 e. The first kappa shape index (κ1) is 29.0. The number of hydrogen-bond donors (Lipinski definition) is 0. The Balaban J connectivity index is 1.21. The molecule has 6 heteroatoms. The van der Waals surface area contributed by atoms with Crippen molar-refractivity contribution in [1.82, 2.24) is 15.0 Å². The van der Waals surface area contributed by atoms with Crippen molar-refractivity contribution in [2.24, 2.45) is 0 Å². The zero-order valence-corrected chi connectivity index (χ0v) is 27.0. The summed E-state index contributed by atoms with van der Waals surface area (Å²) < 4.78 is 28.9. The third kappa shape index (κ3) is 4.96. The highest BCUT2D eigenvalue weighted by molar-refractivity contribution is 6.06. The minimum absolute atomic E-state index is 0.309. The van der Waals surface area contributed by atoms with Gasteiger partial charge in [0.25, 0.3) is 0 Å². The lowest BCUT2D eigenvalue weighted by atomic mass is 9.94. The van der Waals surface area contributed by atoms with E-state index in [0.29, 0.717) is 34.2 Å². The number of benzene rings is 7. The maximum atomic E-state index is 16.4. The predicted molar refractivity (Wildman–Crippen MR) is 202 cm³/mol. The molecule has 0 saturated carbocycles. The topological polar surface area (TPSA) is 65.0 Å². The number of para-hydroxylation sites is 2. The van der Waals surface area contributed by atoms with Gasteiger partial charge in [0, 0.05) is 49.4 Å². The fraction of sp³-hybridized carbons (Fsp3) is 0. The van der Waals surface area contributed by atoms with E-state index in [1.807, 2.05) is 146 Å². The van der Waals surface area contributed by atoms with E-state index in [4.69, 9.17) is 23.8 Å². The van der Waals surface area contributed by atoms with Gasteiger partial charge in [-0.1, -0.05) is 109 Å². The number of nitrogens with zero attached hydrogens (tertiary/aromatic N) is 3. The Morgan fingerprint density at radius 2 is 0.725 bits per heavy atom. The number of aromatic nitrogens is 3. The van der Waals surface area contributed by atoms with Gasteiger partial charge in [0.15, 0.2) is 17.5 Å². The van der Waals surface area contributed by atoms with E-state index in [9.17, 15) is 0 Å². The molecule has 10 rings (SSSR count). The van der Waals surface area contributed by atoms with Crippen molar-refractivity contribution in [3.8, 4) is 56.4 Å². The molecular weight excluding hydrogens is 634 g/mol. The Labute approximate surface area is 291 Å². The fourth-order valence-corrected chi connectivity index (χ4v) is 6.90. The third-order valence-electron chi connectivity index (χ3n) is 9.41. The maximum Gasteiger partial charge on any atom is 0.164 e. The van der Waals surface area contributed by atoms with Crippen molar-refractivity contribution in [3.05, 3.63) is 164 Å². The first-order chi connectivity index (χ1) is 25.2. The summed E-state index contributed by atoms with van der Waals surface area (Å²) in [5.41, 5.74) is 7.74. The van der Waals surface area contributed by atoms with Gasteiger partial charge in [-0.05, 0) is 59.7 Å². The molecule has 0 saturated heterocycles. The zero-order valence-electron chi connectivity index (χ0n) is 27.0. The highest BCUT2D eigenvalue weighted by atomic mass is 19.1. The molecular formula is C45H26FN3O2. The van der Waals surface area contributed by atoms with Crippen LogP contribution >= 0.6 is 0 Å². The van der Waals surface area contributed by atoms with Crippen molar-refractivity contribution in [2.75, 3.05) is 0 Å². The van der Waals surface area contributed by atoms with Crippen LogP contribution in [0.2, 0.25) is 0 Å². The molecule has 0 fully saturated rings. The van der Waals surface area contributed by atoms with E-state index in [2.05, 4.69) is 12.1 Å². The minimum atomic E-state index is -0.309. The van der Waals surface area contributed by atoms with Gasteiger partial charge >= 0.3 is 0 Å². The van der Waals surface area contributed by atoms with Gasteiger partial charge in [0.2, 0.25) is 0 Å². The molecule has 0 unspecified atom stereocenters. The van der Waals surface area contributed by atoms with Gasteiger partial charge in [0.1, 0.15) is 28.1 Å². The van der Waals surface area contributed by atoms with E-state index >= 15 is 4.39 Å². The molecule has 0 aliphatic carbocycles. The molecule has 3 aromatic heterocycles. The van der Waals surface area contributed by atoms with Crippen LogP contribution in [0.4, 0.5) is 4.39 Å². The first-order valence-electron chi connectivity index (χ1n) is 16.7. The molecule has 5 nitrogen and oxygen atoms in total. The maximum absolute atomic E-state index is 16.4. The van der Waals surface area contributed by atoms with Crippen LogP contribution < -0.4 is 0 Å². The van der Waals surface area contributed by atoms with E-state index in [1.165, 1.54) is 0 Å². The van der Waals surface area contributed by atoms with Crippen molar-refractivity contribution in [3.63, 3.8) is 0 Å². The van der Waals surface area contributed by atoms with Crippen LogP contribution in [0.15, 0.2) is 167 Å². The Hall–Kier alpha value is -6.92. The SMILES string of the molecule is Fc1c(-c2ccccc2)cc(-c2nc(-c3ccc4c(c3)oc3ccccc34)nc(-c3ccc4c(c3)oc3ccccc34)n2)cc1-c1ccccc1. The Bertz CT molecular complexity index is 2740. The summed E-state index contributed by atoms with van der Waals surface area (Å²) in [6.45, 7) is 0. The highest BCUT2D eigenvalue weighted by Gasteiger charge is 2.20. The summed E-state index contributed by atoms with van der Waals surface area (Å²) in [5.74, 6) is 1.04. The van der Waals surface area contributed by atoms with Gasteiger partial charge in [-0.2, -0.15) is 0 Å². The summed E-state index contributed by atoms with van der Waals surface area (Å²) in [5, 5.41) is 4.11. The van der Waals surface area contributed by atoms with Gasteiger partial charge in [-0.25, -0.2) is 19.3 Å². The van der Waals surface area contributed by atoms with Gasteiger partial charge in [-0.3, -0.25) is 0 Å². The van der Waals surface area contributed by atoms with Crippen molar-refractivity contribution in [2.45, 2.75) is 0 Å². The number of fused-ring (bicyclic) bond motifs is 6. The van der Waals surface area contributed by atoms with Gasteiger partial charge in [-0.15, -0.1) is 0 Å². The van der Waals surface area contributed by atoms with Crippen LogP contribution in [0, 0.1) is 5.82 Å². The average molecular weight is 660 g/mol. The molecule has 3 heterocycles. The monoisotopic (exact) mass is 659 g/mol. The number of hydrogen-bond acceptors (Lipinski definition) is 5. The molecule has 0 radical (unpaired) electrons. The van der Waals surface area contributed by atoms with Crippen LogP contribution in [0.1, 0.15) is 0 Å². The highest BCUT2D eigenvalue weighted by Crippen LogP contribution is 2.38. The van der Waals surface area contributed by atoms with Crippen molar-refractivity contribution in [1.29, 1.82) is 0 Å². The molecule has 0 spiro atoms. The van der Waals surface area contributed by atoms with E-state index in [1.54, 1.807) is 0 Å². The summed E-state index contributed by atoms with van der Waals surface area (Å²) in [6.07, 6.45) is 0. The van der Waals surface area contributed by atoms with Crippen LogP contribution in [0.5, 0.6) is 0 Å². The fourth-order valence-electron chi connectivity index (χ4n) is 6.90. The van der Waals surface area contributed by atoms with Crippen molar-refractivity contribution >= 4 is 43.9 Å². The van der Waals surface area contributed by atoms with Crippen LogP contribution in [0.25, 0.3) is 100 Å². The summed E-state index contributed by atoms with van der Waals surface area (Å²) in [7, 11) is 0. The quantitative estimate of drug-likeness (QED) is 0.184. The lowest BCUT2D eigenvalue weighted by molar-refractivity contribution is 0.635. The number of halogens is 1. The molecule has 10 aromatic rings. The molecule has 0 N–H and O–H groups in total. The van der Waals surface area contributed by atoms with E-state index in [-0.39, 0.29) is 5.82 Å². The standard InChI is InChI=1S/C45H26FN3O2/c46-42-36(27-11-3-1-4-12-27)23-31(24-37(42)28-13-5-2-6-14-28)45-48-43(29-19-21-34-32-15-7-9-17-38(32)50-40(34)25-29)47-44(49-45)30-20-22-35-33-16-8-10-18-39(33)51-41(35)26-30/h1-26H. The second-order valence-electron chi connectivity index (χ2n) is 12.5. The number of furan rings is 2. The Kier molecular flexibility index (Phi) is 6.61. The van der Waals surface area contributed by atoms with Crippen LogP contribution in [-0.2, 0) is 0 Å². The largest absolute Gasteiger partial charge is 0.456 e. The van der Waals surface area contributed by atoms with Crippen LogP contribution in [-0.4, -0.2) is 15.0 Å². The van der Waals surface area contributed by atoms with E-state index < -0.39 is 0 Å². The smallest absolute Gasteiger partial charge is 0.164 e. The average Bonchev–Trinajstić information content (AvgIpc) is 3.76. The first-order valence-corrected chi connectivity index (χ1v) is 16.7. The normalized spacial score (nSPS) is 11.6. The second-order valence-corrected chi connectivity index (χ2v) is 12.5.